The molecule has 0 fully saturated rings. The Morgan fingerprint density at radius 3 is 2.58 bits per heavy atom. The molecule has 1 aromatic rings. The van der Waals surface area contributed by atoms with Crippen LogP contribution in [0.3, 0.4) is 0 Å². The van der Waals surface area contributed by atoms with Crippen LogP contribution >= 0.6 is 27.3 Å². The number of anilines is 1. The summed E-state index contributed by atoms with van der Waals surface area (Å²) in [5, 5.41) is 0. The molecule has 0 aliphatic carbocycles. The number of hydrogen-bond acceptors (Lipinski definition) is 4. The van der Waals surface area contributed by atoms with Gasteiger partial charge in [-0.3, -0.25) is 0 Å². The maximum absolute atomic E-state index is 11.1. The summed E-state index contributed by atoms with van der Waals surface area (Å²) in [7, 11) is 1.34. The molecule has 1 aromatic heterocycles. The monoisotopic (exact) mass is 249 g/mol. The van der Waals surface area contributed by atoms with Gasteiger partial charge in [-0.1, -0.05) is 0 Å². The van der Waals surface area contributed by atoms with Crippen molar-refractivity contribution < 1.29 is 9.53 Å². The topological polar surface area (TPSA) is 52.3 Å². The van der Waals surface area contributed by atoms with Crippen molar-refractivity contribution in [2.45, 2.75) is 6.92 Å². The van der Waals surface area contributed by atoms with E-state index in [-0.39, 0.29) is 5.97 Å². The third-order valence-electron chi connectivity index (χ3n) is 1.42. The lowest BCUT2D eigenvalue weighted by Gasteiger charge is -1.95. The van der Waals surface area contributed by atoms with E-state index in [1.165, 1.54) is 18.4 Å². The largest absolute Gasteiger partial charge is 0.465 e. The van der Waals surface area contributed by atoms with Crippen LogP contribution in [0.15, 0.2) is 4.47 Å². The van der Waals surface area contributed by atoms with Gasteiger partial charge in [0.25, 0.3) is 0 Å². The van der Waals surface area contributed by atoms with Gasteiger partial charge >= 0.3 is 5.97 Å². The number of methoxy groups -OCH3 is 1. The molecule has 0 unspecified atom stereocenters. The smallest absolute Gasteiger partial charge is 0.350 e. The van der Waals surface area contributed by atoms with E-state index >= 15 is 0 Å². The summed E-state index contributed by atoms with van der Waals surface area (Å²) in [4.78, 5) is 12.5. The van der Waals surface area contributed by atoms with Gasteiger partial charge in [0.05, 0.1) is 17.3 Å². The number of carbonyl (C=O) groups is 1. The molecule has 1 heterocycles. The Labute approximate surface area is 82.6 Å². The average molecular weight is 250 g/mol. The van der Waals surface area contributed by atoms with Gasteiger partial charge in [-0.2, -0.15) is 0 Å². The Morgan fingerprint density at radius 1 is 1.67 bits per heavy atom. The van der Waals surface area contributed by atoms with Crippen LogP contribution in [0.2, 0.25) is 0 Å². The van der Waals surface area contributed by atoms with Gasteiger partial charge in [-0.05, 0) is 22.9 Å². The van der Waals surface area contributed by atoms with Crippen LogP contribution in [-0.2, 0) is 4.74 Å². The summed E-state index contributed by atoms with van der Waals surface area (Å²) in [6.45, 7) is 1.89. The van der Waals surface area contributed by atoms with Crippen molar-refractivity contribution in [3.8, 4) is 0 Å². The second-order valence-electron chi connectivity index (χ2n) is 2.21. The number of rotatable bonds is 1. The van der Waals surface area contributed by atoms with Crippen molar-refractivity contribution in [2.75, 3.05) is 12.8 Å². The summed E-state index contributed by atoms with van der Waals surface area (Å²) in [6, 6.07) is 0. The third kappa shape index (κ3) is 1.47. The van der Waals surface area contributed by atoms with Crippen molar-refractivity contribution in [1.82, 2.24) is 0 Å². The lowest BCUT2D eigenvalue weighted by molar-refractivity contribution is 0.0607. The maximum atomic E-state index is 11.1. The van der Waals surface area contributed by atoms with Gasteiger partial charge in [0.15, 0.2) is 0 Å². The summed E-state index contributed by atoms with van der Waals surface area (Å²) >= 11 is 4.60. The zero-order valence-corrected chi connectivity index (χ0v) is 9.08. The molecule has 0 saturated carbocycles. The van der Waals surface area contributed by atoms with Gasteiger partial charge in [0.1, 0.15) is 4.88 Å². The second kappa shape index (κ2) is 3.45. The van der Waals surface area contributed by atoms with Gasteiger partial charge < -0.3 is 10.5 Å². The molecule has 0 saturated heterocycles. The van der Waals surface area contributed by atoms with E-state index in [1.54, 1.807) is 0 Å². The minimum Gasteiger partial charge on any atom is -0.465 e. The van der Waals surface area contributed by atoms with Crippen molar-refractivity contribution in [3.63, 3.8) is 0 Å². The van der Waals surface area contributed by atoms with Crippen molar-refractivity contribution in [3.05, 3.63) is 14.2 Å². The first-order chi connectivity index (χ1) is 5.57. The zero-order chi connectivity index (χ0) is 9.30. The minimum atomic E-state index is -0.383. The molecule has 1 rings (SSSR count). The number of ether oxygens (including phenoxy) is 1. The summed E-state index contributed by atoms with van der Waals surface area (Å²) < 4.78 is 5.34. The molecular weight excluding hydrogens is 242 g/mol. The first-order valence-electron chi connectivity index (χ1n) is 3.20. The molecule has 12 heavy (non-hydrogen) atoms. The first kappa shape index (κ1) is 9.54. The third-order valence-corrected chi connectivity index (χ3v) is 3.80. The number of hydrogen-bond donors (Lipinski definition) is 1. The molecule has 0 aliphatic rings. The van der Waals surface area contributed by atoms with Crippen LogP contribution in [0.4, 0.5) is 5.69 Å². The maximum Gasteiger partial charge on any atom is 0.350 e. The Kier molecular flexibility index (Phi) is 2.74. The van der Waals surface area contributed by atoms with Crippen LogP contribution in [-0.4, -0.2) is 13.1 Å². The number of nitrogens with two attached hydrogens (primary N) is 1. The first-order valence-corrected chi connectivity index (χ1v) is 4.81. The standard InChI is InChI=1S/C7H8BrNO2S/c1-3-4(8)5(9)6(12-3)7(10)11-2/h9H2,1-2H3. The van der Waals surface area contributed by atoms with Crippen LogP contribution in [0, 0.1) is 6.92 Å². The molecule has 0 atom stereocenters. The highest BCUT2D eigenvalue weighted by Crippen LogP contribution is 2.35. The fourth-order valence-corrected chi connectivity index (χ4v) is 2.24. The van der Waals surface area contributed by atoms with Crippen LogP contribution < -0.4 is 5.73 Å². The van der Waals surface area contributed by atoms with Gasteiger partial charge in [0, 0.05) is 4.88 Å². The normalized spacial score (nSPS) is 9.92. The van der Waals surface area contributed by atoms with Gasteiger partial charge in [0.2, 0.25) is 0 Å². The van der Waals surface area contributed by atoms with Crippen molar-refractivity contribution in [1.29, 1.82) is 0 Å². The summed E-state index contributed by atoms with van der Waals surface area (Å²) in [6.07, 6.45) is 0. The Hall–Kier alpha value is -0.550. The quantitative estimate of drug-likeness (QED) is 0.777. The zero-order valence-electron chi connectivity index (χ0n) is 6.68. The molecule has 0 bridgehead atoms. The number of nitrogen functional groups attached to an aromatic ring is 1. The van der Waals surface area contributed by atoms with Gasteiger partial charge in [-0.15, -0.1) is 11.3 Å². The minimum absolute atomic E-state index is 0.383. The SMILES string of the molecule is COC(=O)c1sc(C)c(Br)c1N. The predicted octanol–water partition coefficient (Wildman–Crippen LogP) is 2.19. The van der Waals surface area contributed by atoms with Crippen molar-refractivity contribution in [2.24, 2.45) is 0 Å². The molecule has 0 spiro atoms. The Bertz CT molecular complexity index is 321. The molecule has 0 aromatic carbocycles. The number of thiophene rings is 1. The lowest BCUT2D eigenvalue weighted by Crippen LogP contribution is -2.01. The highest BCUT2D eigenvalue weighted by Gasteiger charge is 2.17. The average Bonchev–Trinajstić information content (AvgIpc) is 2.32. The van der Waals surface area contributed by atoms with E-state index < -0.39 is 0 Å². The molecule has 3 nitrogen and oxygen atoms in total. The number of esters is 1. The van der Waals surface area contributed by atoms with E-state index in [0.29, 0.717) is 10.6 Å². The molecule has 0 amide bonds. The summed E-state index contributed by atoms with van der Waals surface area (Å²) in [5.74, 6) is -0.383. The molecule has 2 N–H and O–H groups in total. The van der Waals surface area contributed by atoms with E-state index in [2.05, 4.69) is 20.7 Å². The summed E-state index contributed by atoms with van der Waals surface area (Å²) in [5.41, 5.74) is 6.10. The highest BCUT2D eigenvalue weighted by molar-refractivity contribution is 9.10. The predicted molar refractivity (Wildman–Crippen MR) is 52.5 cm³/mol. The molecule has 66 valence electrons. The Morgan fingerprint density at radius 2 is 2.25 bits per heavy atom. The van der Waals surface area contributed by atoms with Gasteiger partial charge in [-0.25, -0.2) is 4.79 Å². The van der Waals surface area contributed by atoms with E-state index in [0.717, 1.165) is 9.35 Å². The van der Waals surface area contributed by atoms with E-state index in [4.69, 9.17) is 5.73 Å². The van der Waals surface area contributed by atoms with Crippen LogP contribution in [0.25, 0.3) is 0 Å². The fraction of sp³-hybridized carbons (Fsp3) is 0.286. The molecular formula is C7H8BrNO2S. The van der Waals surface area contributed by atoms with E-state index in [9.17, 15) is 4.79 Å². The van der Waals surface area contributed by atoms with Crippen LogP contribution in [0.5, 0.6) is 0 Å². The lowest BCUT2D eigenvalue weighted by atomic mass is 10.4. The van der Waals surface area contributed by atoms with Crippen LogP contribution in [0.1, 0.15) is 14.5 Å². The second-order valence-corrected chi connectivity index (χ2v) is 4.22. The fourth-order valence-electron chi connectivity index (χ4n) is 0.787. The highest BCUT2D eigenvalue weighted by atomic mass is 79.9. The molecule has 0 aliphatic heterocycles. The number of carbonyl (C=O) groups excluding carboxylic acids is 1. The number of aryl methyl sites for hydroxylation is 1. The Balaban J connectivity index is 3.17. The van der Waals surface area contributed by atoms with E-state index in [1.807, 2.05) is 6.92 Å². The number of halogens is 1. The molecule has 5 heteroatoms. The molecule has 0 radical (unpaired) electrons. The van der Waals surface area contributed by atoms with Crippen molar-refractivity contribution >= 4 is 38.9 Å².